The highest BCUT2D eigenvalue weighted by Crippen LogP contribution is 2.18. The molecule has 1 amide bonds. The summed E-state index contributed by atoms with van der Waals surface area (Å²) in [7, 11) is 0. The Balaban J connectivity index is 4.44. The molecule has 0 aromatic rings. The molecule has 0 aromatic heterocycles. The van der Waals surface area contributed by atoms with Gasteiger partial charge < -0.3 is 20.3 Å². The maximum atomic E-state index is 13.0. The summed E-state index contributed by atoms with van der Waals surface area (Å²) < 4.78 is 5.86. The Hall–Kier alpha value is -1.14. The maximum absolute atomic E-state index is 13.0. The summed E-state index contributed by atoms with van der Waals surface area (Å²) >= 11 is 0. The molecular formula is C43H85NO5. The first-order valence-electron chi connectivity index (χ1n) is 21.8. The highest BCUT2D eigenvalue weighted by atomic mass is 16.5. The topological polar surface area (TPSA) is 95.9 Å². The Labute approximate surface area is 305 Å². The zero-order chi connectivity index (χ0) is 36.0. The summed E-state index contributed by atoms with van der Waals surface area (Å²) in [5.74, 6) is -0.466. The van der Waals surface area contributed by atoms with Crippen LogP contribution in [0.2, 0.25) is 0 Å². The second-order valence-corrected chi connectivity index (χ2v) is 15.1. The van der Waals surface area contributed by atoms with Crippen LogP contribution in [-0.2, 0) is 14.3 Å². The van der Waals surface area contributed by atoms with Crippen molar-refractivity contribution in [2.75, 3.05) is 6.61 Å². The lowest BCUT2D eigenvalue weighted by Crippen LogP contribution is -2.46. The number of esters is 1. The van der Waals surface area contributed by atoms with Crippen molar-refractivity contribution in [3.05, 3.63) is 0 Å². The number of nitrogens with one attached hydrogen (secondary N) is 1. The molecule has 0 rings (SSSR count). The smallest absolute Gasteiger partial charge is 0.306 e. The summed E-state index contributed by atoms with van der Waals surface area (Å²) in [6, 6.07) is -0.688. The molecule has 292 valence electrons. The Morgan fingerprint density at radius 2 is 0.857 bits per heavy atom. The van der Waals surface area contributed by atoms with Gasteiger partial charge in [0.15, 0.2) is 0 Å². The van der Waals surface area contributed by atoms with Crippen LogP contribution in [0, 0.1) is 0 Å². The van der Waals surface area contributed by atoms with Crippen molar-refractivity contribution in [1.29, 1.82) is 0 Å². The summed E-state index contributed by atoms with van der Waals surface area (Å²) in [5.41, 5.74) is 0. The molecule has 3 unspecified atom stereocenters. The molecule has 0 aliphatic carbocycles. The molecule has 0 aromatic carbocycles. The van der Waals surface area contributed by atoms with E-state index in [9.17, 15) is 19.8 Å². The van der Waals surface area contributed by atoms with Crippen LogP contribution in [0.25, 0.3) is 0 Å². The third-order valence-electron chi connectivity index (χ3n) is 10.2. The van der Waals surface area contributed by atoms with Gasteiger partial charge in [-0.2, -0.15) is 0 Å². The van der Waals surface area contributed by atoms with Gasteiger partial charge in [0, 0.05) is 6.42 Å². The SMILES string of the molecule is CCCCCCCCCCCCCCC(=O)OC(CCCCCCCCC)CC(=O)NC(CO)C(O)CCCCCCCCCCCCC. The Morgan fingerprint density at radius 3 is 1.24 bits per heavy atom. The predicted octanol–water partition coefficient (Wildman–Crippen LogP) is 12.1. The van der Waals surface area contributed by atoms with Crippen LogP contribution in [0.1, 0.15) is 239 Å². The first-order chi connectivity index (χ1) is 24.0. The summed E-state index contributed by atoms with van der Waals surface area (Å²) in [6.07, 6.45) is 37.4. The molecule has 0 spiro atoms. The number of hydrogen-bond donors (Lipinski definition) is 3. The van der Waals surface area contributed by atoms with Crippen molar-refractivity contribution in [2.24, 2.45) is 0 Å². The molecule has 3 atom stereocenters. The van der Waals surface area contributed by atoms with Gasteiger partial charge in [-0.25, -0.2) is 0 Å². The molecule has 0 bridgehead atoms. The standard InChI is InChI=1S/C43H85NO5/c1-4-7-10-13-16-18-20-22-24-27-30-33-36-43(48)49-39(34-31-28-25-15-12-9-6-3)37-42(47)44-40(38-45)41(46)35-32-29-26-23-21-19-17-14-11-8-5-2/h39-41,45-46H,4-38H2,1-3H3,(H,44,47). The second-order valence-electron chi connectivity index (χ2n) is 15.1. The zero-order valence-corrected chi connectivity index (χ0v) is 33.1. The fourth-order valence-corrected chi connectivity index (χ4v) is 6.84. The van der Waals surface area contributed by atoms with Crippen molar-refractivity contribution < 1.29 is 24.5 Å². The van der Waals surface area contributed by atoms with Crippen molar-refractivity contribution >= 4 is 11.9 Å². The van der Waals surface area contributed by atoms with Crippen LogP contribution in [0.5, 0.6) is 0 Å². The third-order valence-corrected chi connectivity index (χ3v) is 10.2. The fourth-order valence-electron chi connectivity index (χ4n) is 6.84. The molecule has 0 aliphatic heterocycles. The Bertz CT molecular complexity index is 702. The number of aliphatic hydroxyl groups excluding tert-OH is 2. The van der Waals surface area contributed by atoms with E-state index in [2.05, 4.69) is 26.1 Å². The minimum absolute atomic E-state index is 0.0850. The summed E-state index contributed by atoms with van der Waals surface area (Å²) in [5, 5.41) is 23.5. The maximum Gasteiger partial charge on any atom is 0.306 e. The van der Waals surface area contributed by atoms with Crippen LogP contribution in [0.15, 0.2) is 0 Å². The lowest BCUT2D eigenvalue weighted by Gasteiger charge is -2.24. The van der Waals surface area contributed by atoms with Crippen LogP contribution in [0.4, 0.5) is 0 Å². The molecule has 3 N–H and O–H groups in total. The first-order valence-corrected chi connectivity index (χ1v) is 21.8. The van der Waals surface area contributed by atoms with Gasteiger partial charge in [-0.05, 0) is 25.7 Å². The fraction of sp³-hybridized carbons (Fsp3) is 0.953. The van der Waals surface area contributed by atoms with Gasteiger partial charge in [0.1, 0.15) is 6.10 Å². The minimum Gasteiger partial charge on any atom is -0.462 e. The Morgan fingerprint density at radius 1 is 0.510 bits per heavy atom. The van der Waals surface area contributed by atoms with Crippen LogP contribution < -0.4 is 5.32 Å². The van der Waals surface area contributed by atoms with Gasteiger partial charge in [-0.3, -0.25) is 9.59 Å². The number of hydrogen-bond acceptors (Lipinski definition) is 5. The summed E-state index contributed by atoms with van der Waals surface area (Å²) in [4.78, 5) is 25.8. The number of rotatable bonds is 39. The summed E-state index contributed by atoms with van der Waals surface area (Å²) in [6.45, 7) is 6.44. The van der Waals surface area contributed by atoms with E-state index in [-0.39, 0.29) is 24.9 Å². The van der Waals surface area contributed by atoms with Gasteiger partial charge in [0.25, 0.3) is 0 Å². The van der Waals surface area contributed by atoms with Gasteiger partial charge in [-0.1, -0.05) is 201 Å². The second kappa shape index (κ2) is 38.1. The lowest BCUT2D eigenvalue weighted by molar-refractivity contribution is -0.151. The van der Waals surface area contributed by atoms with Gasteiger partial charge >= 0.3 is 5.97 Å². The monoisotopic (exact) mass is 696 g/mol. The van der Waals surface area contributed by atoms with Gasteiger partial charge in [0.05, 0.1) is 25.2 Å². The van der Waals surface area contributed by atoms with Crippen molar-refractivity contribution in [3.63, 3.8) is 0 Å². The molecule has 0 saturated carbocycles. The number of unbranched alkanes of at least 4 members (excludes halogenated alkanes) is 27. The molecule has 6 heteroatoms. The Kier molecular flexibility index (Phi) is 37.2. The van der Waals surface area contributed by atoms with E-state index in [1.54, 1.807) is 0 Å². The average molecular weight is 696 g/mol. The predicted molar refractivity (Wildman–Crippen MR) is 209 cm³/mol. The number of ether oxygens (including phenoxy) is 1. The molecule has 6 nitrogen and oxygen atoms in total. The molecule has 0 saturated heterocycles. The number of aliphatic hydroxyl groups is 2. The molecule has 0 radical (unpaired) electrons. The quantitative estimate of drug-likeness (QED) is 0.0439. The van der Waals surface area contributed by atoms with Crippen molar-refractivity contribution in [3.8, 4) is 0 Å². The minimum atomic E-state index is -0.776. The van der Waals surface area contributed by atoms with E-state index in [1.807, 2.05) is 0 Å². The van der Waals surface area contributed by atoms with Crippen LogP contribution in [0.3, 0.4) is 0 Å². The van der Waals surface area contributed by atoms with Gasteiger partial charge in [0.2, 0.25) is 5.91 Å². The largest absolute Gasteiger partial charge is 0.462 e. The van der Waals surface area contributed by atoms with E-state index < -0.39 is 18.2 Å². The third kappa shape index (κ3) is 33.7. The zero-order valence-electron chi connectivity index (χ0n) is 33.1. The lowest BCUT2D eigenvalue weighted by atomic mass is 10.0. The molecule has 49 heavy (non-hydrogen) atoms. The van der Waals surface area contributed by atoms with Crippen LogP contribution >= 0.6 is 0 Å². The molecule has 0 heterocycles. The van der Waals surface area contributed by atoms with Gasteiger partial charge in [-0.15, -0.1) is 0 Å². The van der Waals surface area contributed by atoms with Crippen molar-refractivity contribution in [1.82, 2.24) is 5.32 Å². The highest BCUT2D eigenvalue weighted by molar-refractivity contribution is 5.77. The average Bonchev–Trinajstić information content (AvgIpc) is 3.09. The number of carbonyl (C=O) groups excluding carboxylic acids is 2. The molecule has 0 aliphatic rings. The van der Waals surface area contributed by atoms with E-state index >= 15 is 0 Å². The van der Waals surface area contributed by atoms with E-state index in [0.29, 0.717) is 19.3 Å². The van der Waals surface area contributed by atoms with E-state index in [4.69, 9.17) is 4.74 Å². The highest BCUT2D eigenvalue weighted by Gasteiger charge is 2.24. The van der Waals surface area contributed by atoms with E-state index in [1.165, 1.54) is 148 Å². The van der Waals surface area contributed by atoms with E-state index in [0.717, 1.165) is 44.9 Å². The first kappa shape index (κ1) is 47.9. The number of carbonyl (C=O) groups is 2. The van der Waals surface area contributed by atoms with Crippen LogP contribution in [-0.4, -0.2) is 46.9 Å². The molecule has 0 fully saturated rings. The number of amides is 1. The molecular weight excluding hydrogens is 610 g/mol. The normalized spacial score (nSPS) is 13.3. The van der Waals surface area contributed by atoms with Crippen molar-refractivity contribution in [2.45, 2.75) is 257 Å².